The standard InChI is InChI=1S/C13H20BrNOS/c1-4-15-12(13(3)6-5-7-16-13)11-10(14)8-9(2)17-11/h8,12,15H,4-7H2,1-3H3. The van der Waals surface area contributed by atoms with Crippen LogP contribution in [0.3, 0.4) is 0 Å². The number of thiophene rings is 1. The molecule has 2 nitrogen and oxygen atoms in total. The van der Waals surface area contributed by atoms with Crippen molar-refractivity contribution in [3.63, 3.8) is 0 Å². The zero-order chi connectivity index (χ0) is 12.5. The molecule has 0 aliphatic carbocycles. The Bertz CT molecular complexity index is 385. The van der Waals surface area contributed by atoms with Gasteiger partial charge in [0.2, 0.25) is 0 Å². The minimum absolute atomic E-state index is 0.0597. The molecule has 1 aromatic rings. The maximum atomic E-state index is 6.00. The normalized spacial score (nSPS) is 26.4. The van der Waals surface area contributed by atoms with Crippen LogP contribution >= 0.6 is 27.3 Å². The van der Waals surface area contributed by atoms with Gasteiger partial charge < -0.3 is 10.1 Å². The minimum atomic E-state index is -0.0597. The van der Waals surface area contributed by atoms with E-state index in [9.17, 15) is 0 Å². The molecule has 1 fully saturated rings. The third-order valence-corrected chi connectivity index (χ3v) is 5.40. The number of aryl methyl sites for hydroxylation is 1. The molecular formula is C13H20BrNOS. The number of halogens is 1. The Labute approximate surface area is 116 Å². The van der Waals surface area contributed by atoms with Gasteiger partial charge >= 0.3 is 0 Å². The average Bonchev–Trinajstić information content (AvgIpc) is 2.83. The summed E-state index contributed by atoms with van der Waals surface area (Å²) in [5.74, 6) is 0. The minimum Gasteiger partial charge on any atom is -0.373 e. The summed E-state index contributed by atoms with van der Waals surface area (Å²) in [6.45, 7) is 8.39. The van der Waals surface area contributed by atoms with Gasteiger partial charge in [-0.3, -0.25) is 0 Å². The van der Waals surface area contributed by atoms with Crippen LogP contribution in [-0.2, 0) is 4.74 Å². The second-order valence-electron chi connectivity index (χ2n) is 4.82. The molecule has 2 unspecified atom stereocenters. The van der Waals surface area contributed by atoms with Crippen molar-refractivity contribution in [2.75, 3.05) is 13.2 Å². The third kappa shape index (κ3) is 2.75. The molecule has 0 bridgehead atoms. The Hall–Kier alpha value is 0.1000. The van der Waals surface area contributed by atoms with Crippen molar-refractivity contribution in [2.45, 2.75) is 45.3 Å². The smallest absolute Gasteiger partial charge is 0.0857 e. The molecule has 0 saturated carbocycles. The van der Waals surface area contributed by atoms with E-state index >= 15 is 0 Å². The molecular weight excluding hydrogens is 298 g/mol. The SMILES string of the molecule is CCNC(c1sc(C)cc1Br)C1(C)CCCO1. The van der Waals surface area contributed by atoms with Crippen LogP contribution in [0, 0.1) is 6.92 Å². The summed E-state index contributed by atoms with van der Waals surface area (Å²) >= 11 is 5.53. The van der Waals surface area contributed by atoms with E-state index < -0.39 is 0 Å². The van der Waals surface area contributed by atoms with E-state index in [2.05, 4.69) is 48.1 Å². The van der Waals surface area contributed by atoms with Crippen LogP contribution in [0.1, 0.15) is 42.5 Å². The Morgan fingerprint density at radius 1 is 1.65 bits per heavy atom. The molecule has 4 heteroatoms. The van der Waals surface area contributed by atoms with Crippen molar-refractivity contribution in [3.8, 4) is 0 Å². The Morgan fingerprint density at radius 3 is 2.88 bits per heavy atom. The van der Waals surface area contributed by atoms with E-state index in [-0.39, 0.29) is 5.60 Å². The molecule has 1 N–H and O–H groups in total. The Kier molecular flexibility index (Phi) is 4.29. The van der Waals surface area contributed by atoms with Gasteiger partial charge in [-0.05, 0) is 55.2 Å². The summed E-state index contributed by atoms with van der Waals surface area (Å²) in [4.78, 5) is 2.71. The summed E-state index contributed by atoms with van der Waals surface area (Å²) in [6, 6.07) is 2.49. The molecule has 1 aliphatic heterocycles. The molecule has 0 radical (unpaired) electrons. The van der Waals surface area contributed by atoms with Gasteiger partial charge in [-0.15, -0.1) is 11.3 Å². The molecule has 2 heterocycles. The van der Waals surface area contributed by atoms with Gasteiger partial charge in [-0.25, -0.2) is 0 Å². The fourth-order valence-electron chi connectivity index (χ4n) is 2.52. The zero-order valence-corrected chi connectivity index (χ0v) is 13.1. The van der Waals surface area contributed by atoms with Crippen molar-refractivity contribution >= 4 is 27.3 Å². The lowest BCUT2D eigenvalue weighted by Crippen LogP contribution is -2.40. The van der Waals surface area contributed by atoms with Crippen molar-refractivity contribution in [1.82, 2.24) is 5.32 Å². The Balaban J connectivity index is 2.31. The van der Waals surface area contributed by atoms with Gasteiger partial charge in [-0.2, -0.15) is 0 Å². The number of hydrogen-bond acceptors (Lipinski definition) is 3. The zero-order valence-electron chi connectivity index (χ0n) is 10.7. The fourth-order valence-corrected chi connectivity index (χ4v) is 4.61. The molecule has 1 aromatic heterocycles. The van der Waals surface area contributed by atoms with Crippen LogP contribution in [0.15, 0.2) is 10.5 Å². The molecule has 96 valence electrons. The fraction of sp³-hybridized carbons (Fsp3) is 0.692. The second-order valence-corrected chi connectivity index (χ2v) is 6.97. The van der Waals surface area contributed by atoms with Crippen LogP contribution in [0.2, 0.25) is 0 Å². The molecule has 17 heavy (non-hydrogen) atoms. The summed E-state index contributed by atoms with van der Waals surface area (Å²) < 4.78 is 7.21. The lowest BCUT2D eigenvalue weighted by atomic mass is 9.92. The number of ether oxygens (including phenoxy) is 1. The maximum Gasteiger partial charge on any atom is 0.0857 e. The van der Waals surface area contributed by atoms with Gasteiger partial charge in [0.25, 0.3) is 0 Å². The monoisotopic (exact) mass is 317 g/mol. The highest BCUT2D eigenvalue weighted by Gasteiger charge is 2.40. The van der Waals surface area contributed by atoms with Gasteiger partial charge in [0.05, 0.1) is 11.6 Å². The predicted molar refractivity (Wildman–Crippen MR) is 76.8 cm³/mol. The van der Waals surface area contributed by atoms with E-state index in [1.807, 2.05) is 11.3 Å². The molecule has 1 aliphatic rings. The first-order chi connectivity index (χ1) is 8.07. The van der Waals surface area contributed by atoms with Crippen molar-refractivity contribution < 1.29 is 4.74 Å². The highest BCUT2D eigenvalue weighted by Crippen LogP contribution is 2.43. The Morgan fingerprint density at radius 2 is 2.41 bits per heavy atom. The molecule has 2 atom stereocenters. The van der Waals surface area contributed by atoms with E-state index in [1.54, 1.807) is 0 Å². The lowest BCUT2D eigenvalue weighted by molar-refractivity contribution is -0.0113. The summed E-state index contributed by atoms with van der Waals surface area (Å²) in [7, 11) is 0. The number of likely N-dealkylation sites (N-methyl/N-ethyl adjacent to an activating group) is 1. The summed E-state index contributed by atoms with van der Waals surface area (Å²) in [6.07, 6.45) is 2.30. The molecule has 0 amide bonds. The highest BCUT2D eigenvalue weighted by molar-refractivity contribution is 9.10. The van der Waals surface area contributed by atoms with Gasteiger partial charge in [0.1, 0.15) is 0 Å². The van der Waals surface area contributed by atoms with E-state index in [0.29, 0.717) is 6.04 Å². The van der Waals surface area contributed by atoms with Gasteiger partial charge in [-0.1, -0.05) is 6.92 Å². The molecule has 0 aromatic carbocycles. The van der Waals surface area contributed by atoms with Crippen molar-refractivity contribution in [1.29, 1.82) is 0 Å². The number of rotatable bonds is 4. The third-order valence-electron chi connectivity index (χ3n) is 3.37. The first-order valence-electron chi connectivity index (χ1n) is 6.20. The first-order valence-corrected chi connectivity index (χ1v) is 7.81. The van der Waals surface area contributed by atoms with E-state index in [1.165, 1.54) is 20.6 Å². The molecule has 0 spiro atoms. The van der Waals surface area contributed by atoms with Crippen LogP contribution in [0.25, 0.3) is 0 Å². The van der Waals surface area contributed by atoms with Crippen LogP contribution in [0.5, 0.6) is 0 Å². The quantitative estimate of drug-likeness (QED) is 0.905. The summed E-state index contributed by atoms with van der Waals surface area (Å²) in [5, 5.41) is 3.59. The first kappa shape index (κ1) is 13.5. The highest BCUT2D eigenvalue weighted by atomic mass is 79.9. The van der Waals surface area contributed by atoms with Gasteiger partial charge in [0, 0.05) is 20.8 Å². The van der Waals surface area contributed by atoms with Crippen LogP contribution < -0.4 is 5.32 Å². The maximum absolute atomic E-state index is 6.00. The largest absolute Gasteiger partial charge is 0.373 e. The molecule has 2 rings (SSSR count). The average molecular weight is 318 g/mol. The van der Waals surface area contributed by atoms with E-state index in [4.69, 9.17) is 4.74 Å². The van der Waals surface area contributed by atoms with Crippen molar-refractivity contribution in [2.24, 2.45) is 0 Å². The predicted octanol–water partition coefficient (Wildman–Crippen LogP) is 4.04. The number of hydrogen-bond donors (Lipinski definition) is 1. The summed E-state index contributed by atoms with van der Waals surface area (Å²) in [5.41, 5.74) is -0.0597. The lowest BCUT2D eigenvalue weighted by Gasteiger charge is -2.33. The van der Waals surface area contributed by atoms with Crippen LogP contribution in [0.4, 0.5) is 0 Å². The molecule has 1 saturated heterocycles. The number of nitrogens with one attached hydrogen (secondary N) is 1. The van der Waals surface area contributed by atoms with E-state index in [0.717, 1.165) is 19.6 Å². The van der Waals surface area contributed by atoms with Crippen molar-refractivity contribution in [3.05, 3.63) is 20.3 Å². The topological polar surface area (TPSA) is 21.3 Å². The second kappa shape index (κ2) is 5.39. The van der Waals surface area contributed by atoms with Gasteiger partial charge in [0.15, 0.2) is 0 Å². The van der Waals surface area contributed by atoms with Crippen LogP contribution in [-0.4, -0.2) is 18.8 Å².